The van der Waals surface area contributed by atoms with E-state index in [9.17, 15) is 4.79 Å². The Balaban J connectivity index is 2.00. The van der Waals surface area contributed by atoms with Gasteiger partial charge in [-0.25, -0.2) is 4.99 Å². The Bertz CT molecular complexity index is 551. The number of rotatable bonds is 4. The third kappa shape index (κ3) is 4.68. The van der Waals surface area contributed by atoms with Crippen LogP contribution in [0.15, 0.2) is 23.3 Å². The molecule has 2 rings (SSSR count). The van der Waals surface area contributed by atoms with E-state index in [1.165, 1.54) is 7.11 Å². The normalized spacial score (nSPS) is 16.3. The summed E-state index contributed by atoms with van der Waals surface area (Å²) in [6.45, 7) is 7.11. The Hall–Kier alpha value is -2.11. The molecule has 1 aromatic heterocycles. The summed E-state index contributed by atoms with van der Waals surface area (Å²) < 4.78 is 4.84. The second-order valence-corrected chi connectivity index (χ2v) is 5.72. The molecule has 6 heteroatoms. The molecule has 0 amide bonds. The van der Waals surface area contributed by atoms with Gasteiger partial charge in [0.1, 0.15) is 0 Å². The molecule has 0 spiro atoms. The average Bonchev–Trinajstić information content (AvgIpc) is 2.59. The van der Waals surface area contributed by atoms with E-state index in [2.05, 4.69) is 22.1 Å². The van der Waals surface area contributed by atoms with Gasteiger partial charge in [-0.3, -0.25) is 9.78 Å². The molecule has 1 aromatic rings. The van der Waals surface area contributed by atoms with Gasteiger partial charge in [-0.2, -0.15) is 0 Å². The highest BCUT2D eigenvalue weighted by Crippen LogP contribution is 2.18. The van der Waals surface area contributed by atoms with Crippen LogP contribution in [0.25, 0.3) is 0 Å². The van der Waals surface area contributed by atoms with Gasteiger partial charge >= 0.3 is 5.97 Å². The van der Waals surface area contributed by atoms with Gasteiger partial charge in [-0.15, -0.1) is 0 Å². The number of carbonyl (C=O) groups is 1. The zero-order valence-electron chi connectivity index (χ0n) is 14.2. The van der Waals surface area contributed by atoms with Gasteiger partial charge in [0.05, 0.1) is 25.3 Å². The fraction of sp³-hybridized carbons (Fsp3) is 0.588. The van der Waals surface area contributed by atoms with Gasteiger partial charge in [-0.05, 0) is 38.3 Å². The Morgan fingerprint density at radius 2 is 2.22 bits per heavy atom. The summed E-state index contributed by atoms with van der Waals surface area (Å²) >= 11 is 0. The fourth-order valence-electron chi connectivity index (χ4n) is 2.75. The molecule has 1 N–H and O–H groups in total. The number of carbonyl (C=O) groups excluding carboxylic acids is 1. The number of ether oxygens (including phenoxy) is 1. The molecule has 6 nitrogen and oxygen atoms in total. The van der Waals surface area contributed by atoms with Crippen LogP contribution >= 0.6 is 0 Å². The fourth-order valence-corrected chi connectivity index (χ4v) is 2.75. The van der Waals surface area contributed by atoms with E-state index < -0.39 is 0 Å². The van der Waals surface area contributed by atoms with Gasteiger partial charge < -0.3 is 15.0 Å². The van der Waals surface area contributed by atoms with Crippen molar-refractivity contribution in [3.63, 3.8) is 0 Å². The Morgan fingerprint density at radius 3 is 2.83 bits per heavy atom. The van der Waals surface area contributed by atoms with Crippen molar-refractivity contribution < 1.29 is 9.53 Å². The zero-order chi connectivity index (χ0) is 16.7. The third-order valence-electron chi connectivity index (χ3n) is 4.16. The molecule has 1 fully saturated rings. The number of esters is 1. The number of methoxy groups -OCH3 is 1. The van der Waals surface area contributed by atoms with Gasteiger partial charge in [0.15, 0.2) is 5.96 Å². The van der Waals surface area contributed by atoms with Crippen molar-refractivity contribution in [1.82, 2.24) is 15.2 Å². The molecule has 0 atom stereocenters. The van der Waals surface area contributed by atoms with Crippen LogP contribution in [0, 0.1) is 12.8 Å². The topological polar surface area (TPSA) is 66.8 Å². The summed E-state index contributed by atoms with van der Waals surface area (Å²) in [6, 6.07) is 3.98. The maximum absolute atomic E-state index is 11.6. The van der Waals surface area contributed by atoms with Crippen LogP contribution in [-0.4, -0.2) is 48.6 Å². The third-order valence-corrected chi connectivity index (χ3v) is 4.16. The Labute approximate surface area is 138 Å². The summed E-state index contributed by atoms with van der Waals surface area (Å²) in [6.07, 6.45) is 3.41. The second-order valence-electron chi connectivity index (χ2n) is 5.72. The first-order valence-corrected chi connectivity index (χ1v) is 8.17. The predicted octanol–water partition coefficient (Wildman–Crippen LogP) is 1.74. The van der Waals surface area contributed by atoms with Crippen molar-refractivity contribution in [3.8, 4) is 0 Å². The van der Waals surface area contributed by atoms with Crippen LogP contribution in [0.2, 0.25) is 0 Å². The SMILES string of the molecule is CCNC(=NCc1ncccc1C)N1CCC(C(=O)OC)CC1. The minimum absolute atomic E-state index is 0.0113. The second kappa shape index (κ2) is 8.50. The molecule has 1 aliphatic rings. The lowest BCUT2D eigenvalue weighted by Gasteiger charge is -2.33. The highest BCUT2D eigenvalue weighted by molar-refractivity contribution is 5.80. The summed E-state index contributed by atoms with van der Waals surface area (Å²) in [7, 11) is 1.45. The first-order valence-electron chi connectivity index (χ1n) is 8.17. The smallest absolute Gasteiger partial charge is 0.308 e. The van der Waals surface area contributed by atoms with E-state index in [0.29, 0.717) is 6.54 Å². The number of aromatic nitrogens is 1. The molecule has 0 saturated carbocycles. The number of hydrogen-bond donors (Lipinski definition) is 1. The molecular weight excluding hydrogens is 292 g/mol. The van der Waals surface area contributed by atoms with E-state index in [-0.39, 0.29) is 11.9 Å². The van der Waals surface area contributed by atoms with Crippen molar-refractivity contribution in [2.24, 2.45) is 10.9 Å². The molecule has 2 heterocycles. The molecule has 1 aliphatic heterocycles. The Morgan fingerprint density at radius 1 is 1.48 bits per heavy atom. The van der Waals surface area contributed by atoms with Gasteiger partial charge in [0.2, 0.25) is 0 Å². The first-order chi connectivity index (χ1) is 11.2. The minimum atomic E-state index is -0.101. The van der Waals surface area contributed by atoms with Gasteiger partial charge in [0.25, 0.3) is 0 Å². The van der Waals surface area contributed by atoms with E-state index in [4.69, 9.17) is 9.73 Å². The lowest BCUT2D eigenvalue weighted by atomic mass is 9.97. The van der Waals surface area contributed by atoms with Crippen molar-refractivity contribution in [2.75, 3.05) is 26.7 Å². The van der Waals surface area contributed by atoms with E-state index in [1.807, 2.05) is 19.1 Å². The zero-order valence-corrected chi connectivity index (χ0v) is 14.2. The quantitative estimate of drug-likeness (QED) is 0.520. The monoisotopic (exact) mass is 318 g/mol. The van der Waals surface area contributed by atoms with Crippen molar-refractivity contribution in [3.05, 3.63) is 29.6 Å². The summed E-state index contributed by atoms with van der Waals surface area (Å²) in [4.78, 5) is 22.9. The molecule has 0 radical (unpaired) electrons. The van der Waals surface area contributed by atoms with Crippen LogP contribution in [0.1, 0.15) is 31.0 Å². The van der Waals surface area contributed by atoms with E-state index >= 15 is 0 Å². The summed E-state index contributed by atoms with van der Waals surface area (Å²) in [5.41, 5.74) is 2.14. The molecule has 0 aromatic carbocycles. The number of aryl methyl sites for hydroxylation is 1. The van der Waals surface area contributed by atoms with Crippen LogP contribution in [0.5, 0.6) is 0 Å². The first kappa shape index (κ1) is 17.2. The van der Waals surface area contributed by atoms with Crippen LogP contribution < -0.4 is 5.32 Å². The molecule has 0 aliphatic carbocycles. The number of piperidine rings is 1. The van der Waals surface area contributed by atoms with Crippen LogP contribution in [-0.2, 0) is 16.1 Å². The van der Waals surface area contributed by atoms with Crippen LogP contribution in [0.4, 0.5) is 0 Å². The average molecular weight is 318 g/mol. The molecule has 1 saturated heterocycles. The number of nitrogens with zero attached hydrogens (tertiary/aromatic N) is 3. The number of pyridine rings is 1. The number of guanidine groups is 1. The molecule has 126 valence electrons. The Kier molecular flexibility index (Phi) is 6.38. The summed E-state index contributed by atoms with van der Waals surface area (Å²) in [5.74, 6) is 0.800. The van der Waals surface area contributed by atoms with E-state index in [0.717, 1.165) is 49.7 Å². The highest BCUT2D eigenvalue weighted by Gasteiger charge is 2.26. The maximum Gasteiger partial charge on any atom is 0.308 e. The number of likely N-dealkylation sites (tertiary alicyclic amines) is 1. The van der Waals surface area contributed by atoms with Crippen molar-refractivity contribution in [1.29, 1.82) is 0 Å². The summed E-state index contributed by atoms with van der Waals surface area (Å²) in [5, 5.41) is 3.33. The number of hydrogen-bond acceptors (Lipinski definition) is 4. The van der Waals surface area contributed by atoms with Crippen molar-refractivity contribution in [2.45, 2.75) is 33.2 Å². The minimum Gasteiger partial charge on any atom is -0.469 e. The largest absolute Gasteiger partial charge is 0.469 e. The lowest BCUT2D eigenvalue weighted by Crippen LogP contribution is -2.46. The van der Waals surface area contributed by atoms with E-state index in [1.54, 1.807) is 6.20 Å². The maximum atomic E-state index is 11.6. The van der Waals surface area contributed by atoms with Crippen LogP contribution in [0.3, 0.4) is 0 Å². The predicted molar refractivity (Wildman–Crippen MR) is 90.1 cm³/mol. The van der Waals surface area contributed by atoms with Gasteiger partial charge in [-0.1, -0.05) is 6.07 Å². The molecule has 0 unspecified atom stereocenters. The molecular formula is C17H26N4O2. The lowest BCUT2D eigenvalue weighted by molar-refractivity contribution is -0.146. The molecule has 23 heavy (non-hydrogen) atoms. The number of aliphatic imine (C=N–C) groups is 1. The number of nitrogens with one attached hydrogen (secondary N) is 1. The standard InChI is InChI=1S/C17H26N4O2/c1-4-18-17(20-12-15-13(2)6-5-9-19-15)21-10-7-14(8-11-21)16(22)23-3/h5-6,9,14H,4,7-8,10-12H2,1-3H3,(H,18,20). The van der Waals surface area contributed by atoms with Gasteiger partial charge in [0, 0.05) is 25.8 Å². The highest BCUT2D eigenvalue weighted by atomic mass is 16.5. The van der Waals surface area contributed by atoms with Crippen molar-refractivity contribution >= 4 is 11.9 Å². The molecule has 0 bridgehead atoms.